The number of hydrogen-bond donors (Lipinski definition) is 0. The lowest BCUT2D eigenvalue weighted by molar-refractivity contribution is -0.384. The summed E-state index contributed by atoms with van der Waals surface area (Å²) in [5.74, 6) is -0.668. The highest BCUT2D eigenvalue weighted by Crippen LogP contribution is 2.43. The molecule has 0 bridgehead atoms. The van der Waals surface area contributed by atoms with Crippen LogP contribution in [0.25, 0.3) is 6.08 Å². The number of benzene rings is 4. The lowest BCUT2D eigenvalue weighted by atomic mass is 10.1. The predicted molar refractivity (Wildman–Crippen MR) is 166 cm³/mol. The van der Waals surface area contributed by atoms with Crippen molar-refractivity contribution < 1.29 is 18.9 Å². The zero-order chi connectivity index (χ0) is 29.9. The van der Waals surface area contributed by atoms with Crippen LogP contribution in [0.1, 0.15) is 21.5 Å². The third-order valence-electron chi connectivity index (χ3n) is 7.52. The molecule has 0 saturated carbocycles. The molecule has 4 aromatic rings. The zero-order valence-electron chi connectivity index (χ0n) is 23.1. The van der Waals surface area contributed by atoms with Crippen molar-refractivity contribution in [2.24, 2.45) is 0 Å². The van der Waals surface area contributed by atoms with Crippen molar-refractivity contribution in [2.45, 2.75) is 11.4 Å². The number of rotatable bonds is 6. The fourth-order valence-corrected chi connectivity index (χ4v) is 6.25. The molecule has 2 aliphatic heterocycles. The summed E-state index contributed by atoms with van der Waals surface area (Å²) in [4.78, 5) is 44.9. The van der Waals surface area contributed by atoms with E-state index in [-0.39, 0.29) is 29.9 Å². The van der Waals surface area contributed by atoms with Crippen molar-refractivity contribution in [1.29, 1.82) is 0 Å². The smallest absolute Gasteiger partial charge is 0.269 e. The average Bonchev–Trinajstić information content (AvgIpc) is 3.04. The summed E-state index contributed by atoms with van der Waals surface area (Å²) in [6.07, 6.45) is 1.86. The SMILES string of the molecule is O=C(c1ccc2c(c1)N(Cc1ccc(F)cc1)C(=O)C(=Cc1ccccc1)S2)N1CCN(c2ccc([N+](=O)[O-])cc2)CC1. The molecule has 0 radical (unpaired) electrons. The van der Waals surface area contributed by atoms with Crippen molar-refractivity contribution in [2.75, 3.05) is 36.0 Å². The highest BCUT2D eigenvalue weighted by Gasteiger charge is 2.31. The fraction of sp³-hybridized carbons (Fsp3) is 0.152. The lowest BCUT2D eigenvalue weighted by Crippen LogP contribution is -2.48. The Kier molecular flexibility index (Phi) is 7.93. The monoisotopic (exact) mass is 594 g/mol. The molecular weight excluding hydrogens is 567 g/mol. The molecule has 6 rings (SSSR count). The minimum atomic E-state index is -0.424. The predicted octanol–water partition coefficient (Wildman–Crippen LogP) is 6.38. The van der Waals surface area contributed by atoms with Gasteiger partial charge in [0.15, 0.2) is 0 Å². The highest BCUT2D eigenvalue weighted by atomic mass is 32.2. The molecule has 0 spiro atoms. The molecule has 0 N–H and O–H groups in total. The minimum Gasteiger partial charge on any atom is -0.368 e. The summed E-state index contributed by atoms with van der Waals surface area (Å²) in [6, 6.07) is 27.5. The Morgan fingerprint density at radius 1 is 0.907 bits per heavy atom. The van der Waals surface area contributed by atoms with Crippen molar-refractivity contribution in [3.63, 3.8) is 0 Å². The van der Waals surface area contributed by atoms with Crippen LogP contribution >= 0.6 is 11.8 Å². The van der Waals surface area contributed by atoms with Crippen LogP contribution in [0.4, 0.5) is 21.5 Å². The summed E-state index contributed by atoms with van der Waals surface area (Å²) in [7, 11) is 0. The molecule has 10 heteroatoms. The molecule has 4 aromatic carbocycles. The van der Waals surface area contributed by atoms with Gasteiger partial charge in [-0.25, -0.2) is 4.39 Å². The molecule has 0 atom stereocenters. The first kappa shape index (κ1) is 28.2. The van der Waals surface area contributed by atoms with Gasteiger partial charge in [-0.3, -0.25) is 19.7 Å². The number of thioether (sulfide) groups is 1. The third-order valence-corrected chi connectivity index (χ3v) is 8.59. The van der Waals surface area contributed by atoms with Crippen LogP contribution in [0, 0.1) is 15.9 Å². The van der Waals surface area contributed by atoms with Gasteiger partial charge >= 0.3 is 0 Å². The number of piperazine rings is 1. The van der Waals surface area contributed by atoms with E-state index < -0.39 is 4.92 Å². The van der Waals surface area contributed by atoms with Crippen LogP contribution in [0.3, 0.4) is 0 Å². The van der Waals surface area contributed by atoms with Gasteiger partial charge in [-0.2, -0.15) is 0 Å². The summed E-state index contributed by atoms with van der Waals surface area (Å²) >= 11 is 1.37. The standard InChI is InChI=1S/C33H27FN4O4S/c34-26-9-6-24(7-10-26)22-37-29-21-25(8-15-30(29)43-31(33(37)40)20-23-4-2-1-3-5-23)32(39)36-18-16-35(17-19-36)27-11-13-28(14-12-27)38(41)42/h1-15,20-21H,16-19,22H2. The molecular formula is C33H27FN4O4S. The number of nitro groups is 1. The molecule has 1 fully saturated rings. The first-order chi connectivity index (χ1) is 20.9. The summed E-state index contributed by atoms with van der Waals surface area (Å²) < 4.78 is 13.6. The van der Waals surface area contributed by atoms with E-state index in [9.17, 15) is 24.1 Å². The molecule has 1 saturated heterocycles. The van der Waals surface area contributed by atoms with Crippen LogP contribution in [-0.4, -0.2) is 47.8 Å². The van der Waals surface area contributed by atoms with E-state index >= 15 is 0 Å². The third kappa shape index (κ3) is 6.14. The van der Waals surface area contributed by atoms with Crippen LogP contribution in [-0.2, 0) is 11.3 Å². The Balaban J connectivity index is 1.24. The van der Waals surface area contributed by atoms with Crippen LogP contribution in [0.2, 0.25) is 0 Å². The number of carbonyl (C=O) groups excluding carboxylic acids is 2. The van der Waals surface area contributed by atoms with Crippen molar-refractivity contribution in [3.05, 3.63) is 135 Å². The van der Waals surface area contributed by atoms with Gasteiger partial charge in [-0.05, 0) is 59.7 Å². The Morgan fingerprint density at radius 3 is 2.28 bits per heavy atom. The Hall–Kier alpha value is -4.96. The maximum absolute atomic E-state index is 13.8. The number of hydrogen-bond acceptors (Lipinski definition) is 6. The van der Waals surface area contributed by atoms with E-state index in [4.69, 9.17) is 0 Å². The van der Waals surface area contributed by atoms with Gasteiger partial charge in [0.25, 0.3) is 17.5 Å². The second-order valence-corrected chi connectivity index (χ2v) is 11.4. The largest absolute Gasteiger partial charge is 0.368 e. The molecule has 2 heterocycles. The molecule has 0 unspecified atom stereocenters. The number of nitro benzene ring substituents is 1. The van der Waals surface area contributed by atoms with E-state index in [2.05, 4.69) is 4.90 Å². The Morgan fingerprint density at radius 2 is 1.60 bits per heavy atom. The normalized spacial score (nSPS) is 15.9. The van der Waals surface area contributed by atoms with Crippen LogP contribution in [0.15, 0.2) is 107 Å². The second kappa shape index (κ2) is 12.1. The van der Waals surface area contributed by atoms with Crippen molar-refractivity contribution in [3.8, 4) is 0 Å². The van der Waals surface area contributed by atoms with Gasteiger partial charge in [0.1, 0.15) is 5.82 Å². The highest BCUT2D eigenvalue weighted by molar-refractivity contribution is 8.04. The first-order valence-corrected chi connectivity index (χ1v) is 14.6. The molecule has 2 amide bonds. The summed E-state index contributed by atoms with van der Waals surface area (Å²) in [6.45, 7) is 2.39. The lowest BCUT2D eigenvalue weighted by Gasteiger charge is -2.36. The number of halogens is 1. The minimum absolute atomic E-state index is 0.0396. The molecule has 8 nitrogen and oxygen atoms in total. The molecule has 0 aromatic heterocycles. The molecule has 0 aliphatic carbocycles. The Bertz CT molecular complexity index is 1700. The average molecular weight is 595 g/mol. The van der Waals surface area contributed by atoms with E-state index in [0.717, 1.165) is 21.7 Å². The number of non-ortho nitro benzene ring substituents is 1. The number of anilines is 2. The van der Waals surface area contributed by atoms with Gasteiger partial charge in [-0.15, -0.1) is 0 Å². The second-order valence-electron chi connectivity index (χ2n) is 10.3. The van der Waals surface area contributed by atoms with Gasteiger partial charge < -0.3 is 14.7 Å². The van der Waals surface area contributed by atoms with Crippen LogP contribution < -0.4 is 9.80 Å². The fourth-order valence-electron chi connectivity index (χ4n) is 5.21. The van der Waals surface area contributed by atoms with Crippen molar-refractivity contribution in [1.82, 2.24) is 4.90 Å². The van der Waals surface area contributed by atoms with E-state index in [1.165, 1.54) is 36.0 Å². The first-order valence-electron chi connectivity index (χ1n) is 13.8. The number of nitrogens with zero attached hydrogens (tertiary/aromatic N) is 4. The van der Waals surface area contributed by atoms with E-state index in [1.54, 1.807) is 46.2 Å². The maximum Gasteiger partial charge on any atom is 0.269 e. The summed E-state index contributed by atoms with van der Waals surface area (Å²) in [5.41, 5.74) is 3.71. The Labute approximate surface area is 252 Å². The molecule has 216 valence electrons. The van der Waals surface area contributed by atoms with Crippen LogP contribution in [0.5, 0.6) is 0 Å². The maximum atomic E-state index is 13.8. The zero-order valence-corrected chi connectivity index (χ0v) is 23.9. The van der Waals surface area contributed by atoms with Gasteiger partial charge in [-0.1, -0.05) is 54.2 Å². The quantitative estimate of drug-likeness (QED) is 0.146. The van der Waals surface area contributed by atoms with Crippen molar-refractivity contribution >= 4 is 46.7 Å². The van der Waals surface area contributed by atoms with Gasteiger partial charge in [0.2, 0.25) is 0 Å². The van der Waals surface area contributed by atoms with E-state index in [0.29, 0.717) is 42.3 Å². The van der Waals surface area contributed by atoms with Gasteiger partial charge in [0.05, 0.1) is 22.1 Å². The number of amides is 2. The number of fused-ring (bicyclic) bond motifs is 1. The summed E-state index contributed by atoms with van der Waals surface area (Å²) in [5, 5.41) is 11.0. The molecule has 2 aliphatic rings. The topological polar surface area (TPSA) is 87.0 Å². The number of carbonyl (C=O) groups is 2. The molecule has 43 heavy (non-hydrogen) atoms. The van der Waals surface area contributed by atoms with E-state index in [1.807, 2.05) is 42.5 Å². The van der Waals surface area contributed by atoms with Gasteiger partial charge in [0, 0.05) is 54.5 Å².